The number of Topliss-reactive ketones (excluding diaryl/α,β-unsaturated/α-hetero) is 1. The van der Waals surface area contributed by atoms with E-state index < -0.39 is 0 Å². The lowest BCUT2D eigenvalue weighted by atomic mass is 10.1. The van der Waals surface area contributed by atoms with E-state index in [0.29, 0.717) is 19.5 Å². The summed E-state index contributed by atoms with van der Waals surface area (Å²) in [5.41, 5.74) is 0. The van der Waals surface area contributed by atoms with E-state index in [-0.39, 0.29) is 23.8 Å². The highest BCUT2D eigenvalue weighted by atomic mass is 16.2. The standard InChI is InChI=1S/C12H24N2O2/c1-6-11(15)10(5)14(7-2)8-12(16)13-9(3)4/h9-10H,6-8H2,1-5H3,(H,13,16). The summed E-state index contributed by atoms with van der Waals surface area (Å²) in [7, 11) is 0. The van der Waals surface area contributed by atoms with Crippen LogP contribution in [0.5, 0.6) is 0 Å². The van der Waals surface area contributed by atoms with Crippen LogP contribution >= 0.6 is 0 Å². The Hall–Kier alpha value is -0.900. The molecule has 0 radical (unpaired) electrons. The topological polar surface area (TPSA) is 49.4 Å². The first-order valence-corrected chi connectivity index (χ1v) is 5.98. The van der Waals surface area contributed by atoms with Crippen molar-refractivity contribution in [1.29, 1.82) is 0 Å². The molecule has 0 rings (SSSR count). The molecule has 1 unspecified atom stereocenters. The first-order chi connectivity index (χ1) is 7.42. The van der Waals surface area contributed by atoms with Crippen molar-refractivity contribution in [2.24, 2.45) is 0 Å². The minimum atomic E-state index is -0.173. The van der Waals surface area contributed by atoms with Gasteiger partial charge in [-0.1, -0.05) is 13.8 Å². The van der Waals surface area contributed by atoms with Gasteiger partial charge in [-0.15, -0.1) is 0 Å². The van der Waals surface area contributed by atoms with Crippen LogP contribution in [-0.4, -0.2) is 41.8 Å². The van der Waals surface area contributed by atoms with E-state index in [1.807, 2.05) is 39.5 Å². The Kier molecular flexibility index (Phi) is 6.97. The fraction of sp³-hybridized carbons (Fsp3) is 0.833. The molecule has 0 aromatic heterocycles. The summed E-state index contributed by atoms with van der Waals surface area (Å²) in [4.78, 5) is 25.0. The van der Waals surface area contributed by atoms with Gasteiger partial charge in [-0.3, -0.25) is 14.5 Å². The minimum absolute atomic E-state index is 0.0207. The molecule has 16 heavy (non-hydrogen) atoms. The number of rotatable bonds is 7. The molecule has 1 atom stereocenters. The number of nitrogens with one attached hydrogen (secondary N) is 1. The number of hydrogen-bond donors (Lipinski definition) is 1. The molecule has 4 nitrogen and oxygen atoms in total. The van der Waals surface area contributed by atoms with Crippen LogP contribution in [0.2, 0.25) is 0 Å². The lowest BCUT2D eigenvalue weighted by molar-refractivity contribution is -0.127. The van der Waals surface area contributed by atoms with E-state index in [1.165, 1.54) is 0 Å². The van der Waals surface area contributed by atoms with E-state index in [4.69, 9.17) is 0 Å². The number of carbonyl (C=O) groups is 2. The molecule has 0 saturated heterocycles. The highest BCUT2D eigenvalue weighted by Crippen LogP contribution is 2.02. The van der Waals surface area contributed by atoms with Crippen molar-refractivity contribution in [3.63, 3.8) is 0 Å². The Morgan fingerprint density at radius 3 is 2.12 bits per heavy atom. The van der Waals surface area contributed by atoms with E-state index in [2.05, 4.69) is 5.32 Å². The number of amides is 1. The second kappa shape index (κ2) is 7.39. The Labute approximate surface area is 98.4 Å². The molecule has 0 saturated carbocycles. The second-order valence-electron chi connectivity index (χ2n) is 4.28. The zero-order chi connectivity index (χ0) is 12.7. The van der Waals surface area contributed by atoms with Gasteiger partial charge in [-0.2, -0.15) is 0 Å². The zero-order valence-corrected chi connectivity index (χ0v) is 11.0. The average Bonchev–Trinajstić information content (AvgIpc) is 2.22. The van der Waals surface area contributed by atoms with Gasteiger partial charge < -0.3 is 5.32 Å². The van der Waals surface area contributed by atoms with Crippen LogP contribution in [0.15, 0.2) is 0 Å². The summed E-state index contributed by atoms with van der Waals surface area (Å²) in [6.45, 7) is 10.5. The predicted molar refractivity (Wildman–Crippen MR) is 65.3 cm³/mol. The molecule has 0 aliphatic heterocycles. The van der Waals surface area contributed by atoms with Crippen LogP contribution in [0.3, 0.4) is 0 Å². The van der Waals surface area contributed by atoms with Gasteiger partial charge >= 0.3 is 0 Å². The van der Waals surface area contributed by atoms with Gasteiger partial charge in [0.25, 0.3) is 0 Å². The zero-order valence-electron chi connectivity index (χ0n) is 11.0. The number of carbonyl (C=O) groups excluding carboxylic acids is 2. The smallest absolute Gasteiger partial charge is 0.234 e. The number of nitrogens with zero attached hydrogens (tertiary/aromatic N) is 1. The lowest BCUT2D eigenvalue weighted by Crippen LogP contribution is -2.46. The predicted octanol–water partition coefficient (Wildman–Crippen LogP) is 1.20. The van der Waals surface area contributed by atoms with Crippen molar-refractivity contribution in [2.45, 2.75) is 53.1 Å². The van der Waals surface area contributed by atoms with Gasteiger partial charge in [0.15, 0.2) is 0 Å². The van der Waals surface area contributed by atoms with Crippen LogP contribution in [0.1, 0.15) is 41.0 Å². The number of ketones is 1. The molecular weight excluding hydrogens is 204 g/mol. The summed E-state index contributed by atoms with van der Waals surface area (Å²) < 4.78 is 0. The summed E-state index contributed by atoms with van der Waals surface area (Å²) >= 11 is 0. The molecule has 0 spiro atoms. The van der Waals surface area contributed by atoms with Gasteiger partial charge in [-0.05, 0) is 27.3 Å². The Balaban J connectivity index is 4.29. The molecule has 0 bridgehead atoms. The van der Waals surface area contributed by atoms with Crippen LogP contribution in [0.4, 0.5) is 0 Å². The highest BCUT2D eigenvalue weighted by molar-refractivity contribution is 5.84. The minimum Gasteiger partial charge on any atom is -0.353 e. The molecular formula is C12H24N2O2. The van der Waals surface area contributed by atoms with Crippen LogP contribution in [0, 0.1) is 0 Å². The van der Waals surface area contributed by atoms with Crippen molar-refractivity contribution < 1.29 is 9.59 Å². The SMILES string of the molecule is CCC(=O)C(C)N(CC)CC(=O)NC(C)C. The molecule has 1 amide bonds. The lowest BCUT2D eigenvalue weighted by Gasteiger charge is -2.26. The number of likely N-dealkylation sites (N-methyl/N-ethyl adjacent to an activating group) is 1. The van der Waals surface area contributed by atoms with Gasteiger partial charge in [0.05, 0.1) is 12.6 Å². The Bertz CT molecular complexity index is 239. The Morgan fingerprint density at radius 2 is 1.75 bits per heavy atom. The van der Waals surface area contributed by atoms with Crippen molar-refractivity contribution in [1.82, 2.24) is 10.2 Å². The van der Waals surface area contributed by atoms with Crippen molar-refractivity contribution >= 4 is 11.7 Å². The van der Waals surface area contributed by atoms with E-state index >= 15 is 0 Å². The van der Waals surface area contributed by atoms with Crippen LogP contribution in [0.25, 0.3) is 0 Å². The maximum absolute atomic E-state index is 11.6. The van der Waals surface area contributed by atoms with Gasteiger partial charge in [0.2, 0.25) is 5.91 Å². The largest absolute Gasteiger partial charge is 0.353 e. The molecule has 0 aliphatic rings. The third kappa shape index (κ3) is 5.26. The monoisotopic (exact) mass is 228 g/mol. The first-order valence-electron chi connectivity index (χ1n) is 5.98. The molecule has 94 valence electrons. The van der Waals surface area contributed by atoms with Gasteiger partial charge in [0, 0.05) is 12.5 Å². The molecule has 1 N–H and O–H groups in total. The number of hydrogen-bond acceptors (Lipinski definition) is 3. The van der Waals surface area contributed by atoms with E-state index in [1.54, 1.807) is 0 Å². The molecule has 4 heteroatoms. The van der Waals surface area contributed by atoms with Crippen LogP contribution < -0.4 is 5.32 Å². The second-order valence-corrected chi connectivity index (χ2v) is 4.28. The summed E-state index contributed by atoms with van der Waals surface area (Å²) in [5.74, 6) is 0.159. The molecule has 0 aromatic carbocycles. The van der Waals surface area contributed by atoms with E-state index in [9.17, 15) is 9.59 Å². The van der Waals surface area contributed by atoms with Gasteiger partial charge in [0.1, 0.15) is 5.78 Å². The first kappa shape index (κ1) is 15.1. The molecule has 0 aromatic rings. The highest BCUT2D eigenvalue weighted by Gasteiger charge is 2.20. The van der Waals surface area contributed by atoms with Crippen molar-refractivity contribution in [2.75, 3.05) is 13.1 Å². The summed E-state index contributed by atoms with van der Waals surface area (Å²) in [5, 5.41) is 2.83. The normalized spacial score (nSPS) is 12.9. The third-order valence-corrected chi connectivity index (χ3v) is 2.56. The Morgan fingerprint density at radius 1 is 1.19 bits per heavy atom. The summed E-state index contributed by atoms with van der Waals surface area (Å²) in [6, 6.07) is -0.0312. The van der Waals surface area contributed by atoms with Crippen molar-refractivity contribution in [3.8, 4) is 0 Å². The van der Waals surface area contributed by atoms with Gasteiger partial charge in [-0.25, -0.2) is 0 Å². The average molecular weight is 228 g/mol. The van der Waals surface area contributed by atoms with Crippen LogP contribution in [-0.2, 0) is 9.59 Å². The molecule has 0 fully saturated rings. The van der Waals surface area contributed by atoms with E-state index in [0.717, 1.165) is 0 Å². The maximum Gasteiger partial charge on any atom is 0.234 e. The molecule has 0 heterocycles. The fourth-order valence-electron chi connectivity index (χ4n) is 1.57. The van der Waals surface area contributed by atoms with Crippen molar-refractivity contribution in [3.05, 3.63) is 0 Å². The maximum atomic E-state index is 11.6. The summed E-state index contributed by atoms with van der Waals surface area (Å²) in [6.07, 6.45) is 0.517. The third-order valence-electron chi connectivity index (χ3n) is 2.56. The molecule has 0 aliphatic carbocycles. The fourth-order valence-corrected chi connectivity index (χ4v) is 1.57. The quantitative estimate of drug-likeness (QED) is 0.712.